The van der Waals surface area contributed by atoms with Crippen molar-refractivity contribution in [1.29, 1.82) is 5.26 Å². The molecule has 0 N–H and O–H groups in total. The standard InChI is InChI=1S/C10H14N2O3/c1-2-15-10(13)9(7-11)8-12-3-5-14-6-4-12/h8H,2-6H2,1H3/b9-8-. The summed E-state index contributed by atoms with van der Waals surface area (Å²) in [4.78, 5) is 13.2. The van der Waals surface area contributed by atoms with Gasteiger partial charge in [-0.3, -0.25) is 0 Å². The summed E-state index contributed by atoms with van der Waals surface area (Å²) in [5, 5.41) is 8.78. The van der Waals surface area contributed by atoms with Gasteiger partial charge in [0.2, 0.25) is 0 Å². The summed E-state index contributed by atoms with van der Waals surface area (Å²) in [6.07, 6.45) is 1.54. The first-order valence-corrected chi connectivity index (χ1v) is 4.88. The van der Waals surface area contributed by atoms with Gasteiger partial charge in [-0.15, -0.1) is 0 Å². The van der Waals surface area contributed by atoms with Gasteiger partial charge in [0.05, 0.1) is 19.8 Å². The topological polar surface area (TPSA) is 62.6 Å². The fourth-order valence-electron chi connectivity index (χ4n) is 1.23. The lowest BCUT2D eigenvalue weighted by molar-refractivity contribution is -0.138. The van der Waals surface area contributed by atoms with Crippen LogP contribution in [-0.4, -0.2) is 43.8 Å². The van der Waals surface area contributed by atoms with E-state index in [1.165, 1.54) is 0 Å². The van der Waals surface area contributed by atoms with Crippen molar-refractivity contribution in [1.82, 2.24) is 4.90 Å². The highest BCUT2D eigenvalue weighted by Crippen LogP contribution is 2.03. The predicted molar refractivity (Wildman–Crippen MR) is 52.7 cm³/mol. The summed E-state index contributed by atoms with van der Waals surface area (Å²) in [6, 6.07) is 1.84. The van der Waals surface area contributed by atoms with Gasteiger partial charge in [-0.1, -0.05) is 0 Å². The van der Waals surface area contributed by atoms with Crippen molar-refractivity contribution in [3.8, 4) is 6.07 Å². The van der Waals surface area contributed by atoms with Crippen molar-refractivity contribution in [3.05, 3.63) is 11.8 Å². The fourth-order valence-corrected chi connectivity index (χ4v) is 1.23. The summed E-state index contributed by atoms with van der Waals surface area (Å²) in [5.41, 5.74) is 0.0405. The van der Waals surface area contributed by atoms with Gasteiger partial charge in [-0.05, 0) is 6.92 Å². The van der Waals surface area contributed by atoms with Crippen LogP contribution < -0.4 is 0 Å². The minimum atomic E-state index is -0.563. The molecule has 1 rings (SSSR count). The maximum absolute atomic E-state index is 11.3. The molecule has 15 heavy (non-hydrogen) atoms. The van der Waals surface area contributed by atoms with E-state index in [9.17, 15) is 4.79 Å². The molecule has 0 aliphatic carbocycles. The van der Waals surface area contributed by atoms with Crippen molar-refractivity contribution in [3.63, 3.8) is 0 Å². The van der Waals surface area contributed by atoms with Gasteiger partial charge >= 0.3 is 5.97 Å². The second kappa shape index (κ2) is 6.04. The SMILES string of the molecule is CCOC(=O)/C(C#N)=C\N1CCOCC1. The Labute approximate surface area is 88.9 Å². The van der Waals surface area contributed by atoms with E-state index in [-0.39, 0.29) is 12.2 Å². The molecule has 0 aromatic heterocycles. The zero-order chi connectivity index (χ0) is 11.1. The molecule has 0 bridgehead atoms. The second-order valence-electron chi connectivity index (χ2n) is 3.02. The van der Waals surface area contributed by atoms with Crippen molar-refractivity contribution in [2.24, 2.45) is 0 Å². The Bertz CT molecular complexity index is 288. The van der Waals surface area contributed by atoms with Gasteiger partial charge in [0.25, 0.3) is 0 Å². The number of carbonyl (C=O) groups excluding carboxylic acids is 1. The van der Waals surface area contributed by atoms with Crippen LogP contribution in [0.4, 0.5) is 0 Å². The highest BCUT2D eigenvalue weighted by molar-refractivity contribution is 5.92. The summed E-state index contributed by atoms with van der Waals surface area (Å²) in [6.45, 7) is 4.63. The largest absolute Gasteiger partial charge is 0.462 e. The normalized spacial score (nSPS) is 17.1. The van der Waals surface area contributed by atoms with Crippen LogP contribution in [0.1, 0.15) is 6.92 Å². The van der Waals surface area contributed by atoms with Crippen molar-refractivity contribution >= 4 is 5.97 Å². The first-order valence-electron chi connectivity index (χ1n) is 4.88. The van der Waals surface area contributed by atoms with E-state index in [2.05, 4.69) is 0 Å². The average Bonchev–Trinajstić information content (AvgIpc) is 2.27. The van der Waals surface area contributed by atoms with Gasteiger partial charge < -0.3 is 14.4 Å². The number of esters is 1. The number of hydrogen-bond acceptors (Lipinski definition) is 5. The van der Waals surface area contributed by atoms with Crippen molar-refractivity contribution < 1.29 is 14.3 Å². The molecule has 5 nitrogen and oxygen atoms in total. The number of hydrogen-bond donors (Lipinski definition) is 0. The third-order valence-electron chi connectivity index (χ3n) is 1.97. The Balaban J connectivity index is 2.60. The molecule has 1 aliphatic rings. The second-order valence-corrected chi connectivity index (χ2v) is 3.02. The number of ether oxygens (including phenoxy) is 2. The number of nitrogens with zero attached hydrogens (tertiary/aromatic N) is 2. The van der Waals surface area contributed by atoms with Gasteiger partial charge in [-0.2, -0.15) is 5.26 Å². The summed E-state index contributed by atoms with van der Waals surface area (Å²) < 4.78 is 9.90. The minimum Gasteiger partial charge on any atom is -0.462 e. The van der Waals surface area contributed by atoms with Crippen LogP contribution in [0.2, 0.25) is 0 Å². The Morgan fingerprint density at radius 3 is 2.80 bits per heavy atom. The highest BCUT2D eigenvalue weighted by atomic mass is 16.5. The van der Waals surface area contributed by atoms with E-state index in [0.717, 1.165) is 0 Å². The van der Waals surface area contributed by atoms with Crippen LogP contribution in [0, 0.1) is 11.3 Å². The zero-order valence-electron chi connectivity index (χ0n) is 8.73. The molecule has 1 aliphatic heterocycles. The molecule has 82 valence electrons. The molecule has 5 heteroatoms. The lowest BCUT2D eigenvalue weighted by Gasteiger charge is -2.25. The Kier molecular flexibility index (Phi) is 4.64. The van der Waals surface area contributed by atoms with E-state index in [1.807, 2.05) is 11.0 Å². The molecule has 0 saturated carbocycles. The molecule has 0 unspecified atom stereocenters. The third-order valence-corrected chi connectivity index (χ3v) is 1.97. The molecule has 1 fully saturated rings. The Morgan fingerprint density at radius 2 is 2.27 bits per heavy atom. The Hall–Kier alpha value is -1.54. The minimum absolute atomic E-state index is 0.0405. The maximum Gasteiger partial charge on any atom is 0.350 e. The number of morpholine rings is 1. The van der Waals surface area contributed by atoms with Crippen molar-refractivity contribution in [2.75, 3.05) is 32.9 Å². The molecular formula is C10H14N2O3. The first kappa shape index (κ1) is 11.5. The predicted octanol–water partition coefficient (Wildman–Crippen LogP) is 0.289. The van der Waals surface area contributed by atoms with Crippen LogP contribution in [0.3, 0.4) is 0 Å². The van der Waals surface area contributed by atoms with Crippen molar-refractivity contribution in [2.45, 2.75) is 6.92 Å². The van der Waals surface area contributed by atoms with Crippen LogP contribution in [0.15, 0.2) is 11.8 Å². The summed E-state index contributed by atoms with van der Waals surface area (Å²) in [7, 11) is 0. The first-order chi connectivity index (χ1) is 7.27. The smallest absolute Gasteiger partial charge is 0.350 e. The third kappa shape index (κ3) is 3.60. The monoisotopic (exact) mass is 210 g/mol. The molecular weight excluding hydrogens is 196 g/mol. The van der Waals surface area contributed by atoms with Crippen LogP contribution in [0.5, 0.6) is 0 Å². The summed E-state index contributed by atoms with van der Waals surface area (Å²) >= 11 is 0. The van der Waals surface area contributed by atoms with Gasteiger partial charge in [0.15, 0.2) is 5.57 Å². The number of rotatable bonds is 3. The van der Waals surface area contributed by atoms with E-state index in [0.29, 0.717) is 26.3 Å². The number of carbonyl (C=O) groups is 1. The molecule has 0 radical (unpaired) electrons. The molecule has 0 aromatic carbocycles. The van der Waals surface area contributed by atoms with Crippen LogP contribution in [-0.2, 0) is 14.3 Å². The zero-order valence-corrected chi connectivity index (χ0v) is 8.73. The molecule has 0 atom stereocenters. The molecule has 1 heterocycles. The molecule has 0 aromatic rings. The van der Waals surface area contributed by atoms with Crippen LogP contribution >= 0.6 is 0 Å². The average molecular weight is 210 g/mol. The Morgan fingerprint density at radius 1 is 1.60 bits per heavy atom. The maximum atomic E-state index is 11.3. The van der Waals surface area contributed by atoms with E-state index in [4.69, 9.17) is 14.7 Å². The quantitative estimate of drug-likeness (QED) is 0.380. The summed E-state index contributed by atoms with van der Waals surface area (Å²) in [5.74, 6) is -0.563. The van der Waals surface area contributed by atoms with E-state index in [1.54, 1.807) is 13.1 Å². The van der Waals surface area contributed by atoms with E-state index < -0.39 is 5.97 Å². The lowest BCUT2D eigenvalue weighted by Crippen LogP contribution is -2.32. The lowest BCUT2D eigenvalue weighted by atomic mass is 10.3. The molecule has 0 spiro atoms. The van der Waals surface area contributed by atoms with Crippen LogP contribution in [0.25, 0.3) is 0 Å². The van der Waals surface area contributed by atoms with Gasteiger partial charge in [0, 0.05) is 19.3 Å². The highest BCUT2D eigenvalue weighted by Gasteiger charge is 2.13. The van der Waals surface area contributed by atoms with Gasteiger partial charge in [-0.25, -0.2) is 4.79 Å². The van der Waals surface area contributed by atoms with Gasteiger partial charge in [0.1, 0.15) is 6.07 Å². The number of nitriles is 1. The molecule has 1 saturated heterocycles. The fraction of sp³-hybridized carbons (Fsp3) is 0.600. The van der Waals surface area contributed by atoms with E-state index >= 15 is 0 Å². The molecule has 0 amide bonds.